The van der Waals surface area contributed by atoms with Crippen LogP contribution >= 0.6 is 11.6 Å². The van der Waals surface area contributed by atoms with Crippen molar-refractivity contribution in [1.29, 1.82) is 0 Å². The molecule has 2 saturated heterocycles. The zero-order valence-electron chi connectivity index (χ0n) is 18.4. The first-order valence-electron chi connectivity index (χ1n) is 11.2. The summed E-state index contributed by atoms with van der Waals surface area (Å²) in [6.45, 7) is 3.52. The van der Waals surface area contributed by atoms with Gasteiger partial charge in [-0.1, -0.05) is 11.6 Å². The Morgan fingerprint density at radius 2 is 2.12 bits per heavy atom. The fourth-order valence-electron chi connectivity index (χ4n) is 4.66. The van der Waals surface area contributed by atoms with Crippen LogP contribution in [0.5, 0.6) is 11.5 Å². The number of hydrogen-bond donors (Lipinski definition) is 1. The molecule has 0 radical (unpaired) electrons. The van der Waals surface area contributed by atoms with Gasteiger partial charge in [0, 0.05) is 42.9 Å². The molecule has 2 aliphatic rings. The lowest BCUT2D eigenvalue weighted by atomic mass is 10.1. The molecule has 2 fully saturated rings. The molecule has 0 unspecified atom stereocenters. The van der Waals surface area contributed by atoms with Crippen LogP contribution in [0.1, 0.15) is 19.3 Å². The monoisotopic (exact) mass is 472 g/mol. The average Bonchev–Trinajstić information content (AvgIpc) is 3.44. The van der Waals surface area contributed by atoms with Gasteiger partial charge in [-0.15, -0.1) is 0 Å². The van der Waals surface area contributed by atoms with Crippen molar-refractivity contribution in [3.05, 3.63) is 47.5 Å². The van der Waals surface area contributed by atoms with E-state index in [1.807, 2.05) is 12.1 Å². The molecule has 3 aromatic rings. The molecule has 0 amide bonds. The Labute approximate surface area is 196 Å². The summed E-state index contributed by atoms with van der Waals surface area (Å²) >= 11 is 5.92. The Balaban J connectivity index is 1.30. The number of anilines is 2. The van der Waals surface area contributed by atoms with Gasteiger partial charge in [-0.25, -0.2) is 14.4 Å². The molecule has 0 aliphatic carbocycles. The smallest absolute Gasteiger partial charge is 0.162 e. The number of ether oxygens (including phenoxy) is 3. The quantitative estimate of drug-likeness (QED) is 0.472. The summed E-state index contributed by atoms with van der Waals surface area (Å²) < 4.78 is 30.9. The molecule has 0 bridgehead atoms. The highest BCUT2D eigenvalue weighted by Crippen LogP contribution is 2.35. The van der Waals surface area contributed by atoms with Gasteiger partial charge in [0.1, 0.15) is 18.0 Å². The Morgan fingerprint density at radius 3 is 2.97 bits per heavy atom. The van der Waals surface area contributed by atoms with Crippen molar-refractivity contribution in [3.63, 3.8) is 0 Å². The van der Waals surface area contributed by atoms with Crippen molar-refractivity contribution in [2.24, 2.45) is 0 Å². The third-order valence-electron chi connectivity index (χ3n) is 6.29. The normalized spacial score (nSPS) is 20.2. The van der Waals surface area contributed by atoms with Crippen LogP contribution in [0.3, 0.4) is 0 Å². The molecular formula is C24H26ClFN4O3. The number of halogens is 2. The number of benzene rings is 2. The van der Waals surface area contributed by atoms with E-state index in [1.165, 1.54) is 18.5 Å². The van der Waals surface area contributed by atoms with Gasteiger partial charge < -0.3 is 19.5 Å². The van der Waals surface area contributed by atoms with Crippen LogP contribution in [-0.2, 0) is 4.74 Å². The number of methoxy groups -OCH3 is 1. The van der Waals surface area contributed by atoms with E-state index in [4.69, 9.17) is 25.8 Å². The third-order valence-corrected chi connectivity index (χ3v) is 6.58. The lowest BCUT2D eigenvalue weighted by Gasteiger charge is -2.22. The molecule has 9 heteroatoms. The van der Waals surface area contributed by atoms with Crippen LogP contribution in [-0.4, -0.2) is 60.4 Å². The van der Waals surface area contributed by atoms with Gasteiger partial charge in [0.05, 0.1) is 30.4 Å². The largest absolute Gasteiger partial charge is 0.493 e. The van der Waals surface area contributed by atoms with Crippen LogP contribution in [0.15, 0.2) is 36.7 Å². The minimum atomic E-state index is -0.472. The van der Waals surface area contributed by atoms with Crippen molar-refractivity contribution < 1.29 is 18.6 Å². The lowest BCUT2D eigenvalue weighted by Crippen LogP contribution is -2.33. The fraction of sp³-hybridized carbons (Fsp3) is 0.417. The second kappa shape index (κ2) is 9.67. The molecule has 1 aromatic heterocycles. The van der Waals surface area contributed by atoms with E-state index < -0.39 is 5.82 Å². The fourth-order valence-corrected chi connectivity index (χ4v) is 4.84. The van der Waals surface area contributed by atoms with E-state index in [1.54, 1.807) is 13.2 Å². The Morgan fingerprint density at radius 1 is 1.21 bits per heavy atom. The summed E-state index contributed by atoms with van der Waals surface area (Å²) in [6, 6.07) is 8.70. The predicted molar refractivity (Wildman–Crippen MR) is 125 cm³/mol. The molecular weight excluding hydrogens is 447 g/mol. The van der Waals surface area contributed by atoms with E-state index in [9.17, 15) is 4.39 Å². The van der Waals surface area contributed by atoms with E-state index >= 15 is 0 Å². The number of aromatic nitrogens is 2. The standard InChI is InChI=1S/C24H26ClFN4O3/c1-31-22-13-19-16(24(28-14-27-19)29-15-3-4-18(26)17(25)11-15)12-23(22)32-9-2-7-30-8-5-21-20(30)6-10-33-21/h3-4,11-14,20-21H,2,5-10H2,1H3,(H,27,28,29)/t20-,21-/m1/s1. The zero-order valence-corrected chi connectivity index (χ0v) is 19.1. The molecule has 174 valence electrons. The Hall–Kier alpha value is -2.68. The van der Waals surface area contributed by atoms with E-state index in [0.717, 1.165) is 44.3 Å². The van der Waals surface area contributed by atoms with Gasteiger partial charge in [0.2, 0.25) is 0 Å². The van der Waals surface area contributed by atoms with E-state index in [-0.39, 0.29) is 5.02 Å². The first-order valence-corrected chi connectivity index (χ1v) is 11.5. The van der Waals surface area contributed by atoms with E-state index in [2.05, 4.69) is 20.2 Å². The molecule has 33 heavy (non-hydrogen) atoms. The van der Waals surface area contributed by atoms with Crippen molar-refractivity contribution in [1.82, 2.24) is 14.9 Å². The number of nitrogens with zero attached hydrogens (tertiary/aromatic N) is 3. The van der Waals surface area contributed by atoms with Gasteiger partial charge in [-0.2, -0.15) is 0 Å². The lowest BCUT2D eigenvalue weighted by molar-refractivity contribution is 0.105. The second-order valence-electron chi connectivity index (χ2n) is 8.29. The molecule has 7 nitrogen and oxygen atoms in total. The number of nitrogens with one attached hydrogen (secondary N) is 1. The number of rotatable bonds is 8. The van der Waals surface area contributed by atoms with Crippen molar-refractivity contribution in [2.75, 3.05) is 38.7 Å². The third kappa shape index (κ3) is 4.69. The highest BCUT2D eigenvalue weighted by atomic mass is 35.5. The molecule has 5 rings (SSSR count). The molecule has 3 heterocycles. The van der Waals surface area contributed by atoms with Gasteiger partial charge in [-0.05, 0) is 43.5 Å². The second-order valence-corrected chi connectivity index (χ2v) is 8.70. The summed E-state index contributed by atoms with van der Waals surface area (Å²) in [5.41, 5.74) is 1.33. The number of likely N-dealkylation sites (tertiary alicyclic amines) is 1. The van der Waals surface area contributed by atoms with Crippen LogP contribution < -0.4 is 14.8 Å². The highest BCUT2D eigenvalue weighted by Gasteiger charge is 2.38. The van der Waals surface area contributed by atoms with Crippen molar-refractivity contribution in [3.8, 4) is 11.5 Å². The molecule has 2 aliphatic heterocycles. The Kier molecular flexibility index (Phi) is 6.48. The molecule has 1 N–H and O–H groups in total. The highest BCUT2D eigenvalue weighted by molar-refractivity contribution is 6.31. The topological polar surface area (TPSA) is 68.7 Å². The maximum atomic E-state index is 13.5. The number of fused-ring (bicyclic) bond motifs is 2. The minimum Gasteiger partial charge on any atom is -0.493 e. The number of hydrogen-bond acceptors (Lipinski definition) is 7. The summed E-state index contributed by atoms with van der Waals surface area (Å²) in [4.78, 5) is 11.2. The molecule has 0 saturated carbocycles. The molecule has 2 aromatic carbocycles. The molecule has 2 atom stereocenters. The van der Waals surface area contributed by atoms with Crippen molar-refractivity contribution in [2.45, 2.75) is 31.4 Å². The maximum Gasteiger partial charge on any atom is 0.162 e. The SMILES string of the molecule is COc1cc2ncnc(Nc3ccc(F)c(Cl)c3)c2cc1OCCCN1CC[C@H]2OCC[C@H]21. The van der Waals surface area contributed by atoms with Crippen LogP contribution in [0, 0.1) is 5.82 Å². The Bertz CT molecular complexity index is 1150. The maximum absolute atomic E-state index is 13.5. The van der Waals surface area contributed by atoms with Gasteiger partial charge >= 0.3 is 0 Å². The summed E-state index contributed by atoms with van der Waals surface area (Å²) in [5, 5.41) is 3.99. The average molecular weight is 473 g/mol. The van der Waals surface area contributed by atoms with Crippen LogP contribution in [0.4, 0.5) is 15.9 Å². The van der Waals surface area contributed by atoms with Crippen LogP contribution in [0.2, 0.25) is 5.02 Å². The van der Waals surface area contributed by atoms with Gasteiger partial charge in [-0.3, -0.25) is 4.90 Å². The first-order chi connectivity index (χ1) is 16.1. The minimum absolute atomic E-state index is 0.0394. The predicted octanol–water partition coefficient (Wildman–Crippen LogP) is 4.81. The summed E-state index contributed by atoms with van der Waals surface area (Å²) in [5.74, 6) is 1.34. The van der Waals surface area contributed by atoms with Gasteiger partial charge in [0.15, 0.2) is 11.5 Å². The summed E-state index contributed by atoms with van der Waals surface area (Å²) in [7, 11) is 1.61. The van der Waals surface area contributed by atoms with Crippen LogP contribution in [0.25, 0.3) is 10.9 Å². The first kappa shape index (κ1) is 22.1. The van der Waals surface area contributed by atoms with E-state index in [0.29, 0.717) is 47.3 Å². The molecule has 0 spiro atoms. The van der Waals surface area contributed by atoms with Gasteiger partial charge in [0.25, 0.3) is 0 Å². The van der Waals surface area contributed by atoms with Crippen molar-refractivity contribution >= 4 is 34.0 Å². The zero-order chi connectivity index (χ0) is 22.8. The summed E-state index contributed by atoms with van der Waals surface area (Å²) in [6.07, 6.45) is 5.03.